The van der Waals surface area contributed by atoms with Crippen molar-refractivity contribution >= 4 is 0 Å². The highest BCUT2D eigenvalue weighted by Crippen LogP contribution is 2.28. The van der Waals surface area contributed by atoms with E-state index in [1.165, 1.54) is 11.1 Å². The van der Waals surface area contributed by atoms with Gasteiger partial charge in [-0.1, -0.05) is 48.5 Å². The number of hydrogen-bond donors (Lipinski definition) is 0. The molecular formula is C16H16O. The molecule has 0 spiro atoms. The number of fused-ring (bicyclic) bond motifs is 1. The van der Waals surface area contributed by atoms with Gasteiger partial charge in [0.25, 0.3) is 0 Å². The Morgan fingerprint density at radius 2 is 1.71 bits per heavy atom. The Kier molecular flexibility index (Phi) is 2.83. The Balaban J connectivity index is 1.72. The van der Waals surface area contributed by atoms with Gasteiger partial charge in [0, 0.05) is 6.42 Å². The lowest BCUT2D eigenvalue weighted by molar-refractivity contribution is 0.174. The third-order valence-corrected chi connectivity index (χ3v) is 3.31. The zero-order valence-corrected chi connectivity index (χ0v) is 9.80. The average Bonchev–Trinajstić information content (AvgIpc) is 2.40. The molecule has 0 N–H and O–H groups in total. The van der Waals surface area contributed by atoms with E-state index >= 15 is 0 Å². The summed E-state index contributed by atoms with van der Waals surface area (Å²) in [5, 5.41) is 0. The lowest BCUT2D eigenvalue weighted by Crippen LogP contribution is -2.24. The van der Waals surface area contributed by atoms with Crippen LogP contribution in [0.4, 0.5) is 0 Å². The van der Waals surface area contributed by atoms with Gasteiger partial charge in [-0.05, 0) is 30.0 Å². The van der Waals surface area contributed by atoms with Gasteiger partial charge in [0.05, 0.1) is 0 Å². The number of aryl methyl sites for hydroxylation is 1. The zero-order valence-electron chi connectivity index (χ0n) is 9.80. The average molecular weight is 224 g/mol. The quantitative estimate of drug-likeness (QED) is 0.757. The predicted octanol–water partition coefficient (Wildman–Crippen LogP) is 3.62. The second kappa shape index (κ2) is 4.62. The van der Waals surface area contributed by atoms with Crippen molar-refractivity contribution in [1.29, 1.82) is 0 Å². The molecule has 0 bridgehead atoms. The molecule has 2 aromatic rings. The molecule has 0 aliphatic carbocycles. The fraction of sp³-hybridized carbons (Fsp3) is 0.250. The Hall–Kier alpha value is -1.76. The number of benzene rings is 2. The number of para-hydroxylation sites is 1. The molecule has 0 radical (unpaired) electrons. The Morgan fingerprint density at radius 1 is 0.941 bits per heavy atom. The van der Waals surface area contributed by atoms with E-state index in [0.717, 1.165) is 25.0 Å². The standard InChI is InChI=1S/C16H16O/c1-2-6-13(7-3-1)12-15-11-10-14-8-4-5-9-16(14)17-15/h1-9,15H,10-12H2/t15-/m1/s1. The first-order valence-corrected chi connectivity index (χ1v) is 6.20. The molecule has 0 amide bonds. The van der Waals surface area contributed by atoms with Crippen molar-refractivity contribution in [1.82, 2.24) is 0 Å². The van der Waals surface area contributed by atoms with Crippen molar-refractivity contribution in [2.24, 2.45) is 0 Å². The molecule has 1 aliphatic heterocycles. The van der Waals surface area contributed by atoms with Gasteiger partial charge in [-0.3, -0.25) is 0 Å². The molecule has 1 atom stereocenters. The summed E-state index contributed by atoms with van der Waals surface area (Å²) in [6, 6.07) is 18.9. The normalized spacial score (nSPS) is 18.2. The minimum Gasteiger partial charge on any atom is -0.490 e. The fourth-order valence-electron chi connectivity index (χ4n) is 2.40. The van der Waals surface area contributed by atoms with E-state index in [2.05, 4.69) is 48.5 Å². The van der Waals surface area contributed by atoms with Crippen LogP contribution in [0.5, 0.6) is 5.75 Å². The SMILES string of the molecule is c1ccc(C[C@H]2CCc3ccccc3O2)cc1. The summed E-state index contributed by atoms with van der Waals surface area (Å²) in [5.74, 6) is 1.07. The van der Waals surface area contributed by atoms with Crippen LogP contribution in [0.25, 0.3) is 0 Å². The van der Waals surface area contributed by atoms with E-state index in [-0.39, 0.29) is 0 Å². The molecule has 1 aliphatic rings. The summed E-state index contributed by atoms with van der Waals surface area (Å²) in [7, 11) is 0. The molecule has 3 rings (SSSR count). The molecule has 0 saturated heterocycles. The van der Waals surface area contributed by atoms with E-state index < -0.39 is 0 Å². The van der Waals surface area contributed by atoms with Crippen LogP contribution < -0.4 is 4.74 Å². The topological polar surface area (TPSA) is 9.23 Å². The van der Waals surface area contributed by atoms with Crippen LogP contribution in [-0.4, -0.2) is 6.10 Å². The molecule has 0 aromatic heterocycles. The first-order valence-electron chi connectivity index (χ1n) is 6.20. The third kappa shape index (κ3) is 2.33. The van der Waals surface area contributed by atoms with Gasteiger partial charge >= 0.3 is 0 Å². The fourth-order valence-corrected chi connectivity index (χ4v) is 2.40. The minimum absolute atomic E-state index is 0.326. The lowest BCUT2D eigenvalue weighted by Gasteiger charge is -2.26. The van der Waals surface area contributed by atoms with Gasteiger partial charge in [0.1, 0.15) is 11.9 Å². The van der Waals surface area contributed by atoms with Gasteiger partial charge in [-0.2, -0.15) is 0 Å². The van der Waals surface area contributed by atoms with Gasteiger partial charge in [0.15, 0.2) is 0 Å². The van der Waals surface area contributed by atoms with Crippen molar-refractivity contribution in [2.45, 2.75) is 25.4 Å². The maximum atomic E-state index is 6.04. The molecule has 1 heteroatoms. The van der Waals surface area contributed by atoms with Gasteiger partial charge in [-0.25, -0.2) is 0 Å². The van der Waals surface area contributed by atoms with Crippen LogP contribution in [0.2, 0.25) is 0 Å². The van der Waals surface area contributed by atoms with Crippen molar-refractivity contribution in [3.63, 3.8) is 0 Å². The highest BCUT2D eigenvalue weighted by molar-refractivity contribution is 5.35. The smallest absolute Gasteiger partial charge is 0.122 e. The van der Waals surface area contributed by atoms with Crippen LogP contribution in [0.15, 0.2) is 54.6 Å². The second-order valence-electron chi connectivity index (χ2n) is 4.58. The summed E-state index contributed by atoms with van der Waals surface area (Å²) in [6.07, 6.45) is 3.58. The lowest BCUT2D eigenvalue weighted by atomic mass is 9.98. The molecule has 86 valence electrons. The predicted molar refractivity (Wildman–Crippen MR) is 69.3 cm³/mol. The Labute approximate surface area is 102 Å². The monoisotopic (exact) mass is 224 g/mol. The first-order chi connectivity index (χ1) is 8.42. The van der Waals surface area contributed by atoms with Crippen LogP contribution in [0, 0.1) is 0 Å². The number of hydrogen-bond acceptors (Lipinski definition) is 1. The molecule has 17 heavy (non-hydrogen) atoms. The molecular weight excluding hydrogens is 208 g/mol. The van der Waals surface area contributed by atoms with Gasteiger partial charge < -0.3 is 4.74 Å². The van der Waals surface area contributed by atoms with Crippen LogP contribution in [0.1, 0.15) is 17.5 Å². The highest BCUT2D eigenvalue weighted by atomic mass is 16.5. The summed E-state index contributed by atoms with van der Waals surface area (Å²) in [4.78, 5) is 0. The summed E-state index contributed by atoms with van der Waals surface area (Å²) in [5.41, 5.74) is 2.70. The van der Waals surface area contributed by atoms with E-state index in [1.807, 2.05) is 6.07 Å². The maximum Gasteiger partial charge on any atom is 0.122 e. The van der Waals surface area contributed by atoms with Crippen molar-refractivity contribution in [3.05, 3.63) is 65.7 Å². The van der Waals surface area contributed by atoms with E-state index in [4.69, 9.17) is 4.74 Å². The van der Waals surface area contributed by atoms with Crippen molar-refractivity contribution in [3.8, 4) is 5.75 Å². The first kappa shape index (κ1) is 10.4. The van der Waals surface area contributed by atoms with E-state index in [0.29, 0.717) is 6.10 Å². The highest BCUT2D eigenvalue weighted by Gasteiger charge is 2.19. The van der Waals surface area contributed by atoms with E-state index in [9.17, 15) is 0 Å². The zero-order chi connectivity index (χ0) is 11.5. The van der Waals surface area contributed by atoms with Crippen molar-refractivity contribution in [2.75, 3.05) is 0 Å². The van der Waals surface area contributed by atoms with E-state index in [1.54, 1.807) is 0 Å². The maximum absolute atomic E-state index is 6.04. The van der Waals surface area contributed by atoms with Gasteiger partial charge in [0.2, 0.25) is 0 Å². The molecule has 1 heterocycles. The summed E-state index contributed by atoms with van der Waals surface area (Å²) >= 11 is 0. The summed E-state index contributed by atoms with van der Waals surface area (Å²) < 4.78 is 6.04. The number of ether oxygens (including phenoxy) is 1. The van der Waals surface area contributed by atoms with Crippen LogP contribution >= 0.6 is 0 Å². The third-order valence-electron chi connectivity index (χ3n) is 3.31. The van der Waals surface area contributed by atoms with Gasteiger partial charge in [-0.15, -0.1) is 0 Å². The van der Waals surface area contributed by atoms with Crippen LogP contribution in [-0.2, 0) is 12.8 Å². The largest absolute Gasteiger partial charge is 0.490 e. The molecule has 0 saturated carbocycles. The summed E-state index contributed by atoms with van der Waals surface area (Å²) in [6.45, 7) is 0. The molecule has 2 aromatic carbocycles. The molecule has 0 unspecified atom stereocenters. The van der Waals surface area contributed by atoms with Crippen LogP contribution in [0.3, 0.4) is 0 Å². The Bertz CT molecular complexity index is 490. The minimum atomic E-state index is 0.326. The Morgan fingerprint density at radius 3 is 2.59 bits per heavy atom. The van der Waals surface area contributed by atoms with Crippen molar-refractivity contribution < 1.29 is 4.74 Å². The molecule has 1 nitrogen and oxygen atoms in total. The second-order valence-corrected chi connectivity index (χ2v) is 4.58. The number of rotatable bonds is 2. The molecule has 0 fully saturated rings.